The molecule has 0 bridgehead atoms. The molecular formula is C23H16Br2N2O2. The Balaban J connectivity index is 1.79. The number of amides is 1. The van der Waals surface area contributed by atoms with Gasteiger partial charge in [-0.2, -0.15) is 5.26 Å². The summed E-state index contributed by atoms with van der Waals surface area (Å²) in [7, 11) is 0. The lowest BCUT2D eigenvalue weighted by Gasteiger charge is -2.11. The molecule has 0 aliphatic carbocycles. The van der Waals surface area contributed by atoms with Gasteiger partial charge in [-0.05, 0) is 54.1 Å². The van der Waals surface area contributed by atoms with E-state index < -0.39 is 0 Å². The molecule has 0 radical (unpaired) electrons. The largest absolute Gasteiger partial charge is 0.483 e. The van der Waals surface area contributed by atoms with Crippen LogP contribution < -0.4 is 10.1 Å². The standard InChI is InChI=1S/C23H16Br2N2O2/c24-19-8-6-16(7-9-19)18(14-26)12-17-13-20(25)10-11-22(17)29-15-23(28)27-21-4-2-1-3-5-21/h1-13H,15H2,(H,27,28)/b18-12+. The Labute approximate surface area is 186 Å². The fourth-order valence-corrected chi connectivity index (χ4v) is 3.23. The summed E-state index contributed by atoms with van der Waals surface area (Å²) in [6, 6.07) is 24.4. The van der Waals surface area contributed by atoms with Crippen LogP contribution in [0, 0.1) is 11.3 Å². The maximum atomic E-state index is 12.2. The molecule has 1 amide bonds. The Bertz CT molecular complexity index is 1070. The molecule has 0 aliphatic heterocycles. The summed E-state index contributed by atoms with van der Waals surface area (Å²) in [6.07, 6.45) is 1.75. The second kappa shape index (κ2) is 10.1. The summed E-state index contributed by atoms with van der Waals surface area (Å²) >= 11 is 6.84. The number of nitrogens with one attached hydrogen (secondary N) is 1. The first-order valence-corrected chi connectivity index (χ1v) is 10.3. The number of rotatable bonds is 6. The first-order chi connectivity index (χ1) is 14.0. The first-order valence-electron chi connectivity index (χ1n) is 8.70. The van der Waals surface area contributed by atoms with Gasteiger partial charge < -0.3 is 10.1 Å². The van der Waals surface area contributed by atoms with E-state index in [-0.39, 0.29) is 12.5 Å². The lowest BCUT2D eigenvalue weighted by atomic mass is 10.0. The van der Waals surface area contributed by atoms with E-state index in [2.05, 4.69) is 43.2 Å². The van der Waals surface area contributed by atoms with E-state index in [0.29, 0.717) is 22.6 Å². The van der Waals surface area contributed by atoms with Crippen LogP contribution in [-0.2, 0) is 4.79 Å². The smallest absolute Gasteiger partial charge is 0.262 e. The third kappa shape index (κ3) is 6.05. The number of anilines is 1. The topological polar surface area (TPSA) is 62.1 Å². The van der Waals surface area contributed by atoms with E-state index in [9.17, 15) is 10.1 Å². The molecule has 0 aliphatic rings. The monoisotopic (exact) mass is 510 g/mol. The van der Waals surface area contributed by atoms with Crippen LogP contribution in [0.3, 0.4) is 0 Å². The van der Waals surface area contributed by atoms with Gasteiger partial charge in [0.1, 0.15) is 5.75 Å². The summed E-state index contributed by atoms with van der Waals surface area (Å²) in [5, 5.41) is 12.4. The van der Waals surface area contributed by atoms with Gasteiger partial charge in [0, 0.05) is 20.2 Å². The quantitative estimate of drug-likeness (QED) is 0.312. The van der Waals surface area contributed by atoms with Gasteiger partial charge in [-0.15, -0.1) is 0 Å². The van der Waals surface area contributed by atoms with Crippen molar-refractivity contribution in [1.82, 2.24) is 0 Å². The molecular weight excluding hydrogens is 496 g/mol. The highest BCUT2D eigenvalue weighted by molar-refractivity contribution is 9.10. The summed E-state index contributed by atoms with van der Waals surface area (Å²) in [6.45, 7) is -0.141. The summed E-state index contributed by atoms with van der Waals surface area (Å²) in [5.74, 6) is 0.253. The van der Waals surface area contributed by atoms with Gasteiger partial charge in [0.2, 0.25) is 0 Å². The minimum Gasteiger partial charge on any atom is -0.483 e. The minimum absolute atomic E-state index is 0.141. The van der Waals surface area contributed by atoms with E-state index in [1.165, 1.54) is 0 Å². The van der Waals surface area contributed by atoms with Gasteiger partial charge in [-0.3, -0.25) is 4.79 Å². The normalized spacial score (nSPS) is 10.9. The third-order valence-corrected chi connectivity index (χ3v) is 4.99. The molecule has 29 heavy (non-hydrogen) atoms. The average Bonchev–Trinajstić information content (AvgIpc) is 2.73. The van der Waals surface area contributed by atoms with Crippen LogP contribution in [0.15, 0.2) is 81.7 Å². The first kappa shape index (κ1) is 20.8. The molecule has 0 aromatic heterocycles. The number of carbonyl (C=O) groups is 1. The molecule has 1 N–H and O–H groups in total. The van der Waals surface area contributed by atoms with Crippen molar-refractivity contribution in [3.05, 3.63) is 92.9 Å². The molecule has 6 heteroatoms. The van der Waals surface area contributed by atoms with Crippen LogP contribution in [0.25, 0.3) is 11.6 Å². The third-order valence-electron chi connectivity index (χ3n) is 3.96. The summed E-state index contributed by atoms with van der Waals surface area (Å²) in [4.78, 5) is 12.2. The molecule has 4 nitrogen and oxygen atoms in total. The molecule has 3 rings (SSSR count). The van der Waals surface area contributed by atoms with Crippen LogP contribution >= 0.6 is 31.9 Å². The Kier molecular flexibility index (Phi) is 7.23. The molecule has 3 aromatic carbocycles. The number of benzene rings is 3. The Morgan fingerprint density at radius 1 is 1.00 bits per heavy atom. The molecule has 0 unspecified atom stereocenters. The molecule has 0 saturated carbocycles. The zero-order valence-electron chi connectivity index (χ0n) is 15.2. The molecule has 0 fully saturated rings. The van der Waals surface area contributed by atoms with Crippen LogP contribution in [0.1, 0.15) is 11.1 Å². The van der Waals surface area contributed by atoms with Crippen LogP contribution in [-0.4, -0.2) is 12.5 Å². The number of halogens is 2. The highest BCUT2D eigenvalue weighted by Gasteiger charge is 2.09. The van der Waals surface area contributed by atoms with Crippen LogP contribution in [0.4, 0.5) is 5.69 Å². The van der Waals surface area contributed by atoms with Crippen molar-refractivity contribution in [3.63, 3.8) is 0 Å². The molecule has 0 spiro atoms. The van der Waals surface area contributed by atoms with Gasteiger partial charge in [0.05, 0.1) is 11.6 Å². The van der Waals surface area contributed by atoms with Gasteiger partial charge in [0.15, 0.2) is 6.61 Å². The van der Waals surface area contributed by atoms with Crippen molar-refractivity contribution in [2.45, 2.75) is 0 Å². The van der Waals surface area contributed by atoms with E-state index in [1.54, 1.807) is 12.1 Å². The van der Waals surface area contributed by atoms with Crippen molar-refractivity contribution >= 4 is 55.1 Å². The molecule has 144 valence electrons. The van der Waals surface area contributed by atoms with Gasteiger partial charge in [-0.1, -0.05) is 62.2 Å². The van der Waals surface area contributed by atoms with E-state index in [4.69, 9.17) is 4.74 Å². The maximum Gasteiger partial charge on any atom is 0.262 e. The Hall–Kier alpha value is -2.88. The lowest BCUT2D eigenvalue weighted by molar-refractivity contribution is -0.118. The van der Waals surface area contributed by atoms with E-state index >= 15 is 0 Å². The summed E-state index contributed by atoms with van der Waals surface area (Å²) in [5.41, 5.74) is 2.70. The lowest BCUT2D eigenvalue weighted by Crippen LogP contribution is -2.20. The predicted octanol–water partition coefficient (Wildman–Crippen LogP) is 6.29. The number of nitrogens with zero attached hydrogens (tertiary/aromatic N) is 1. The number of allylic oxidation sites excluding steroid dienone is 1. The van der Waals surface area contributed by atoms with E-state index in [0.717, 1.165) is 14.5 Å². The number of para-hydroxylation sites is 1. The second-order valence-electron chi connectivity index (χ2n) is 6.06. The molecule has 0 saturated heterocycles. The number of carbonyl (C=O) groups excluding carboxylic acids is 1. The number of hydrogen-bond donors (Lipinski definition) is 1. The predicted molar refractivity (Wildman–Crippen MR) is 122 cm³/mol. The van der Waals surface area contributed by atoms with Gasteiger partial charge in [0.25, 0.3) is 5.91 Å². The van der Waals surface area contributed by atoms with E-state index in [1.807, 2.05) is 66.7 Å². The Morgan fingerprint density at radius 3 is 2.38 bits per heavy atom. The fourth-order valence-electron chi connectivity index (χ4n) is 2.59. The molecule has 0 heterocycles. The minimum atomic E-state index is -0.262. The van der Waals surface area contributed by atoms with Crippen molar-refractivity contribution in [1.29, 1.82) is 5.26 Å². The maximum absolute atomic E-state index is 12.2. The molecule has 3 aromatic rings. The highest BCUT2D eigenvalue weighted by atomic mass is 79.9. The number of hydrogen-bond acceptors (Lipinski definition) is 3. The zero-order chi connectivity index (χ0) is 20.6. The van der Waals surface area contributed by atoms with Crippen LogP contribution in [0.2, 0.25) is 0 Å². The average molecular weight is 512 g/mol. The zero-order valence-corrected chi connectivity index (χ0v) is 18.4. The van der Waals surface area contributed by atoms with Crippen LogP contribution in [0.5, 0.6) is 5.75 Å². The fraction of sp³-hybridized carbons (Fsp3) is 0.0435. The van der Waals surface area contributed by atoms with Crippen molar-refractivity contribution in [2.24, 2.45) is 0 Å². The van der Waals surface area contributed by atoms with Crippen molar-refractivity contribution < 1.29 is 9.53 Å². The summed E-state index contributed by atoms with van der Waals surface area (Å²) < 4.78 is 7.52. The molecule has 0 atom stereocenters. The number of ether oxygens (including phenoxy) is 1. The Morgan fingerprint density at radius 2 is 1.69 bits per heavy atom. The van der Waals surface area contributed by atoms with Gasteiger partial charge in [-0.25, -0.2) is 0 Å². The number of nitriles is 1. The van der Waals surface area contributed by atoms with Crippen molar-refractivity contribution in [3.8, 4) is 11.8 Å². The van der Waals surface area contributed by atoms with Crippen molar-refractivity contribution in [2.75, 3.05) is 11.9 Å². The highest BCUT2D eigenvalue weighted by Crippen LogP contribution is 2.28. The SMILES string of the molecule is N#C/C(=C\c1cc(Br)ccc1OCC(=O)Nc1ccccc1)c1ccc(Br)cc1. The van der Waals surface area contributed by atoms with Gasteiger partial charge >= 0.3 is 0 Å². The second-order valence-corrected chi connectivity index (χ2v) is 7.89.